The van der Waals surface area contributed by atoms with Crippen LogP contribution < -0.4 is 0 Å². The summed E-state index contributed by atoms with van der Waals surface area (Å²) in [6.45, 7) is 0.855. The summed E-state index contributed by atoms with van der Waals surface area (Å²) in [5.74, 6) is 1.01. The minimum absolute atomic E-state index is 0.855. The van der Waals surface area contributed by atoms with Crippen molar-refractivity contribution >= 4 is 0 Å². The van der Waals surface area contributed by atoms with Gasteiger partial charge in [-0.1, -0.05) is 0 Å². The van der Waals surface area contributed by atoms with Crippen LogP contribution in [0, 0.1) is 0 Å². The smallest absolute Gasteiger partial charge is 0.104 e. The van der Waals surface area contributed by atoms with Gasteiger partial charge in [-0.05, 0) is 6.42 Å². The van der Waals surface area contributed by atoms with Gasteiger partial charge in [0.05, 0.1) is 0 Å². The maximum Gasteiger partial charge on any atom is 0.104 e. The van der Waals surface area contributed by atoms with Crippen LogP contribution in [0.3, 0.4) is 0 Å². The van der Waals surface area contributed by atoms with Gasteiger partial charge in [0.1, 0.15) is 5.82 Å². The van der Waals surface area contributed by atoms with Crippen LogP contribution in [0.25, 0.3) is 5.32 Å². The Morgan fingerprint density at radius 3 is 3.22 bits per heavy atom. The van der Waals surface area contributed by atoms with Crippen LogP contribution in [0.5, 0.6) is 0 Å². The molecule has 0 aliphatic carbocycles. The Balaban J connectivity index is 2.30. The predicted octanol–water partition coefficient (Wildman–Crippen LogP) is 0.956. The van der Waals surface area contributed by atoms with Crippen molar-refractivity contribution in [1.82, 2.24) is 9.97 Å². The summed E-state index contributed by atoms with van der Waals surface area (Å²) in [7, 11) is 1.81. The van der Waals surface area contributed by atoms with E-state index in [1.807, 2.05) is 13.2 Å². The maximum atomic E-state index is 4.04. The highest BCUT2D eigenvalue weighted by atomic mass is 14.9. The third-order valence-electron chi connectivity index (χ3n) is 1.13. The second-order valence-corrected chi connectivity index (χ2v) is 1.83. The lowest BCUT2D eigenvalue weighted by Gasteiger charge is -2.06. The Morgan fingerprint density at radius 1 is 1.78 bits per heavy atom. The molecule has 3 nitrogen and oxygen atoms in total. The Labute approximate surface area is 54.5 Å². The molecule has 1 aromatic rings. The molecule has 0 radical (unpaired) electrons. The number of imidazole rings is 1. The summed E-state index contributed by atoms with van der Waals surface area (Å²) in [6.07, 6.45) is 4.50. The van der Waals surface area contributed by atoms with Gasteiger partial charge < -0.3 is 10.3 Å². The van der Waals surface area contributed by atoms with E-state index < -0.39 is 0 Å². The topological polar surface area (TPSA) is 42.8 Å². The van der Waals surface area contributed by atoms with Crippen LogP contribution in [0.2, 0.25) is 0 Å². The van der Waals surface area contributed by atoms with Crippen molar-refractivity contribution in [2.75, 3.05) is 13.6 Å². The van der Waals surface area contributed by atoms with Crippen molar-refractivity contribution < 1.29 is 0 Å². The first-order valence-electron chi connectivity index (χ1n) is 2.97. The summed E-state index contributed by atoms with van der Waals surface area (Å²) in [4.78, 5) is 7.04. The van der Waals surface area contributed by atoms with Gasteiger partial charge >= 0.3 is 0 Å². The Bertz CT molecular complexity index is 145. The van der Waals surface area contributed by atoms with Gasteiger partial charge in [0.2, 0.25) is 0 Å². The van der Waals surface area contributed by atoms with Crippen LogP contribution in [0.15, 0.2) is 12.4 Å². The van der Waals surface area contributed by atoms with E-state index in [2.05, 4.69) is 15.3 Å². The van der Waals surface area contributed by atoms with Crippen molar-refractivity contribution in [2.45, 2.75) is 6.42 Å². The average Bonchev–Trinajstić information content (AvgIpc) is 2.34. The molecule has 0 saturated carbocycles. The average molecular weight is 124 g/mol. The number of rotatable bonds is 3. The Kier molecular flexibility index (Phi) is 2.27. The molecule has 0 bridgehead atoms. The molecular weight excluding hydrogens is 114 g/mol. The van der Waals surface area contributed by atoms with Crippen molar-refractivity contribution in [3.8, 4) is 0 Å². The molecular formula is C6H10N3-. The molecule has 0 saturated heterocycles. The summed E-state index contributed by atoms with van der Waals surface area (Å²) in [5, 5.41) is 3.95. The SMILES string of the molecule is C[N-]CCc1ncc[nH]1. The zero-order valence-corrected chi connectivity index (χ0v) is 5.46. The normalized spacial score (nSPS) is 9.89. The minimum atomic E-state index is 0.855. The van der Waals surface area contributed by atoms with Gasteiger partial charge in [0, 0.05) is 12.4 Å². The van der Waals surface area contributed by atoms with Gasteiger partial charge in [-0.25, -0.2) is 4.98 Å². The van der Waals surface area contributed by atoms with Crippen LogP contribution in [0.1, 0.15) is 5.82 Å². The highest BCUT2D eigenvalue weighted by Gasteiger charge is 1.85. The highest BCUT2D eigenvalue weighted by molar-refractivity contribution is 4.90. The van der Waals surface area contributed by atoms with Crippen molar-refractivity contribution in [1.29, 1.82) is 0 Å². The third kappa shape index (κ3) is 1.85. The van der Waals surface area contributed by atoms with E-state index in [0.717, 1.165) is 18.8 Å². The summed E-state index contributed by atoms with van der Waals surface area (Å²) >= 11 is 0. The molecule has 0 spiro atoms. The fourth-order valence-corrected chi connectivity index (χ4v) is 0.652. The minimum Gasteiger partial charge on any atom is -0.665 e. The van der Waals surface area contributed by atoms with Crippen LogP contribution >= 0.6 is 0 Å². The zero-order valence-electron chi connectivity index (χ0n) is 5.46. The molecule has 9 heavy (non-hydrogen) atoms. The molecule has 1 heterocycles. The number of aromatic amines is 1. The van der Waals surface area contributed by atoms with Gasteiger partial charge in [0.15, 0.2) is 0 Å². The molecule has 0 fully saturated rings. The summed E-state index contributed by atoms with van der Waals surface area (Å²) < 4.78 is 0. The van der Waals surface area contributed by atoms with Gasteiger partial charge in [-0.15, -0.1) is 6.54 Å². The van der Waals surface area contributed by atoms with Crippen LogP contribution in [-0.4, -0.2) is 23.6 Å². The molecule has 50 valence electrons. The highest BCUT2D eigenvalue weighted by Crippen LogP contribution is 1.91. The number of hydrogen-bond acceptors (Lipinski definition) is 1. The molecule has 0 amide bonds. The molecule has 3 heteroatoms. The largest absolute Gasteiger partial charge is 0.665 e. The monoisotopic (exact) mass is 124 g/mol. The molecule has 0 aromatic carbocycles. The molecule has 0 aliphatic rings. The lowest BCUT2D eigenvalue weighted by molar-refractivity contribution is 0.941. The van der Waals surface area contributed by atoms with Crippen molar-refractivity contribution in [2.24, 2.45) is 0 Å². The number of likely N-dealkylation sites (N-methyl/N-ethyl adjacent to an activating group) is 1. The quantitative estimate of drug-likeness (QED) is 0.640. The number of nitrogens with one attached hydrogen (secondary N) is 1. The molecule has 0 unspecified atom stereocenters. The number of hydrogen-bond donors (Lipinski definition) is 1. The number of nitrogens with zero attached hydrogens (tertiary/aromatic N) is 2. The number of aromatic nitrogens is 2. The Hall–Kier alpha value is -0.830. The maximum absolute atomic E-state index is 4.04. The predicted molar refractivity (Wildman–Crippen MR) is 36.4 cm³/mol. The lowest BCUT2D eigenvalue weighted by atomic mass is 10.4. The van der Waals surface area contributed by atoms with E-state index in [1.54, 1.807) is 6.20 Å². The second-order valence-electron chi connectivity index (χ2n) is 1.83. The molecule has 0 aliphatic heterocycles. The van der Waals surface area contributed by atoms with E-state index in [-0.39, 0.29) is 0 Å². The first-order valence-corrected chi connectivity index (χ1v) is 2.97. The summed E-state index contributed by atoms with van der Waals surface area (Å²) in [6, 6.07) is 0. The van der Waals surface area contributed by atoms with E-state index >= 15 is 0 Å². The van der Waals surface area contributed by atoms with E-state index in [4.69, 9.17) is 0 Å². The van der Waals surface area contributed by atoms with Crippen molar-refractivity contribution in [3.05, 3.63) is 23.5 Å². The van der Waals surface area contributed by atoms with Crippen LogP contribution in [0.4, 0.5) is 0 Å². The van der Waals surface area contributed by atoms with E-state index in [0.29, 0.717) is 0 Å². The standard InChI is InChI=1S/C6H10N3/c1-7-3-2-6-8-4-5-9-6/h4-5H,2-3H2,1H3,(H,8,9)/q-1. The van der Waals surface area contributed by atoms with Gasteiger partial charge in [-0.2, -0.15) is 7.05 Å². The van der Waals surface area contributed by atoms with Crippen molar-refractivity contribution in [3.63, 3.8) is 0 Å². The number of H-pyrrole nitrogens is 1. The molecule has 1 rings (SSSR count). The molecule has 1 aromatic heterocycles. The zero-order chi connectivity index (χ0) is 6.53. The first kappa shape index (κ1) is 6.29. The van der Waals surface area contributed by atoms with Gasteiger partial charge in [0.25, 0.3) is 0 Å². The van der Waals surface area contributed by atoms with E-state index in [1.165, 1.54) is 0 Å². The summed E-state index contributed by atoms with van der Waals surface area (Å²) in [5.41, 5.74) is 0. The van der Waals surface area contributed by atoms with Crippen LogP contribution in [-0.2, 0) is 6.42 Å². The first-order chi connectivity index (χ1) is 4.43. The fraction of sp³-hybridized carbons (Fsp3) is 0.500. The Morgan fingerprint density at radius 2 is 2.67 bits per heavy atom. The lowest BCUT2D eigenvalue weighted by Crippen LogP contribution is -1.91. The fourth-order valence-electron chi connectivity index (χ4n) is 0.652. The molecule has 0 atom stereocenters. The van der Waals surface area contributed by atoms with Gasteiger partial charge in [-0.3, -0.25) is 0 Å². The third-order valence-corrected chi connectivity index (χ3v) is 1.13. The van der Waals surface area contributed by atoms with E-state index in [9.17, 15) is 0 Å². The second kappa shape index (κ2) is 3.25. The molecule has 1 N–H and O–H groups in total.